The van der Waals surface area contributed by atoms with Crippen molar-refractivity contribution >= 4 is 27.5 Å². The van der Waals surface area contributed by atoms with E-state index in [1.807, 2.05) is 12.1 Å². The zero-order valence-corrected chi connectivity index (χ0v) is 13.1. The van der Waals surface area contributed by atoms with Crippen LogP contribution in [0.3, 0.4) is 0 Å². The highest BCUT2D eigenvalue weighted by Gasteiger charge is 2.23. The third-order valence-corrected chi connectivity index (χ3v) is 4.41. The van der Waals surface area contributed by atoms with Gasteiger partial charge in [0.25, 0.3) is 0 Å². The van der Waals surface area contributed by atoms with Crippen molar-refractivity contribution in [1.82, 2.24) is 4.90 Å². The molecule has 0 saturated carbocycles. The first-order valence-electron chi connectivity index (χ1n) is 6.66. The summed E-state index contributed by atoms with van der Waals surface area (Å²) in [5.74, 6) is 0.108. The fourth-order valence-electron chi connectivity index (χ4n) is 2.61. The molecule has 0 aromatic heterocycles. The van der Waals surface area contributed by atoms with Gasteiger partial charge < -0.3 is 10.6 Å². The zero-order valence-electron chi connectivity index (χ0n) is 11.5. The lowest BCUT2D eigenvalue weighted by atomic mass is 10.1. The van der Waals surface area contributed by atoms with E-state index in [9.17, 15) is 0 Å². The van der Waals surface area contributed by atoms with Crippen LogP contribution < -0.4 is 10.6 Å². The second-order valence-corrected chi connectivity index (χ2v) is 5.86. The van der Waals surface area contributed by atoms with Crippen molar-refractivity contribution in [2.24, 2.45) is 5.73 Å². The molecule has 4 nitrogen and oxygen atoms in total. The predicted molar refractivity (Wildman–Crippen MR) is 84.1 cm³/mol. The minimum absolute atomic E-state index is 0.108. The Labute approximate surface area is 123 Å². The zero-order chi connectivity index (χ0) is 14.0. The van der Waals surface area contributed by atoms with Crippen molar-refractivity contribution < 1.29 is 0 Å². The molecule has 0 spiro atoms. The van der Waals surface area contributed by atoms with Crippen LogP contribution in [0.25, 0.3) is 0 Å². The van der Waals surface area contributed by atoms with Crippen molar-refractivity contribution in [2.75, 3.05) is 31.1 Å². The molecule has 1 unspecified atom stereocenters. The highest BCUT2D eigenvalue weighted by Crippen LogP contribution is 2.29. The summed E-state index contributed by atoms with van der Waals surface area (Å²) in [6.45, 7) is 8.76. The lowest BCUT2D eigenvalue weighted by Crippen LogP contribution is -2.51. The maximum absolute atomic E-state index is 7.47. The summed E-state index contributed by atoms with van der Waals surface area (Å²) in [5, 5.41) is 7.47. The second-order valence-electron chi connectivity index (χ2n) is 5.00. The van der Waals surface area contributed by atoms with E-state index in [1.54, 1.807) is 0 Å². The molecular formula is C14H21BrN4. The number of nitrogen functional groups attached to an aromatic ring is 1. The number of hydrogen-bond donors (Lipinski definition) is 2. The largest absolute Gasteiger partial charge is 0.384 e. The molecule has 0 radical (unpaired) electrons. The summed E-state index contributed by atoms with van der Waals surface area (Å²) in [6, 6.07) is 6.46. The van der Waals surface area contributed by atoms with Gasteiger partial charge in [0.1, 0.15) is 5.84 Å². The molecule has 2 rings (SSSR count). The Balaban J connectivity index is 2.17. The second kappa shape index (κ2) is 5.92. The molecule has 1 aliphatic rings. The maximum Gasteiger partial charge on any atom is 0.122 e. The average Bonchev–Trinajstić information content (AvgIpc) is 2.38. The van der Waals surface area contributed by atoms with Crippen LogP contribution in [0.4, 0.5) is 5.69 Å². The summed E-state index contributed by atoms with van der Waals surface area (Å²) < 4.78 is 1.01. The standard InChI is InChI=1S/C14H21BrN4/c1-3-18-6-7-19(9-10(18)2)13-5-4-11(14(16)17)8-12(13)15/h4-5,8,10H,3,6-7,9H2,1-2H3,(H3,16,17). The minimum atomic E-state index is 0.108. The normalized spacial score (nSPS) is 20.6. The van der Waals surface area contributed by atoms with Gasteiger partial charge in [-0.1, -0.05) is 6.92 Å². The quantitative estimate of drug-likeness (QED) is 0.662. The molecule has 1 aliphatic heterocycles. The van der Waals surface area contributed by atoms with Gasteiger partial charge in [0, 0.05) is 35.7 Å². The van der Waals surface area contributed by atoms with Crippen molar-refractivity contribution in [1.29, 1.82) is 5.41 Å². The van der Waals surface area contributed by atoms with Gasteiger partial charge in [-0.3, -0.25) is 10.3 Å². The Morgan fingerprint density at radius 1 is 1.47 bits per heavy atom. The number of amidine groups is 1. The predicted octanol–water partition coefficient (Wildman–Crippen LogP) is 2.26. The number of nitrogens with zero attached hydrogens (tertiary/aromatic N) is 2. The third-order valence-electron chi connectivity index (χ3n) is 3.77. The van der Waals surface area contributed by atoms with Crippen LogP contribution in [0.5, 0.6) is 0 Å². The summed E-state index contributed by atoms with van der Waals surface area (Å²) in [4.78, 5) is 4.89. The summed E-state index contributed by atoms with van der Waals surface area (Å²) in [5.41, 5.74) is 7.46. The number of nitrogens with two attached hydrogens (primary N) is 1. The Kier molecular flexibility index (Phi) is 4.47. The number of benzene rings is 1. The Bertz CT molecular complexity index is 475. The van der Waals surface area contributed by atoms with Gasteiger partial charge in [0.2, 0.25) is 0 Å². The molecule has 0 bridgehead atoms. The van der Waals surface area contributed by atoms with E-state index in [0.29, 0.717) is 6.04 Å². The molecule has 1 saturated heterocycles. The number of halogens is 1. The van der Waals surface area contributed by atoms with Crippen molar-refractivity contribution in [2.45, 2.75) is 19.9 Å². The molecule has 104 valence electrons. The van der Waals surface area contributed by atoms with E-state index in [0.717, 1.165) is 36.2 Å². The average molecular weight is 325 g/mol. The van der Waals surface area contributed by atoms with Crippen LogP contribution in [0.15, 0.2) is 22.7 Å². The van der Waals surface area contributed by atoms with E-state index in [1.165, 1.54) is 5.69 Å². The lowest BCUT2D eigenvalue weighted by molar-refractivity contribution is 0.199. The molecule has 0 amide bonds. The molecular weight excluding hydrogens is 304 g/mol. The van der Waals surface area contributed by atoms with Crippen LogP contribution in [0, 0.1) is 5.41 Å². The molecule has 5 heteroatoms. The number of piperazine rings is 1. The molecule has 1 aromatic carbocycles. The van der Waals surface area contributed by atoms with Crippen LogP contribution in [-0.4, -0.2) is 43.0 Å². The summed E-state index contributed by atoms with van der Waals surface area (Å²) >= 11 is 3.60. The van der Waals surface area contributed by atoms with Crippen molar-refractivity contribution in [3.05, 3.63) is 28.2 Å². The maximum atomic E-state index is 7.47. The Morgan fingerprint density at radius 2 is 2.21 bits per heavy atom. The number of rotatable bonds is 3. The smallest absolute Gasteiger partial charge is 0.122 e. The van der Waals surface area contributed by atoms with Crippen LogP contribution in [0.2, 0.25) is 0 Å². The first-order valence-corrected chi connectivity index (χ1v) is 7.45. The SMILES string of the molecule is CCN1CCN(c2ccc(C(=N)N)cc2Br)CC1C. The third kappa shape index (κ3) is 3.09. The van der Waals surface area contributed by atoms with Gasteiger partial charge in [0.05, 0.1) is 5.69 Å². The Morgan fingerprint density at radius 3 is 2.74 bits per heavy atom. The van der Waals surface area contributed by atoms with Gasteiger partial charge >= 0.3 is 0 Å². The fraction of sp³-hybridized carbons (Fsp3) is 0.500. The lowest BCUT2D eigenvalue weighted by Gasteiger charge is -2.40. The number of hydrogen-bond acceptors (Lipinski definition) is 3. The summed E-state index contributed by atoms with van der Waals surface area (Å²) in [7, 11) is 0. The molecule has 1 aromatic rings. The molecule has 1 fully saturated rings. The van der Waals surface area contributed by atoms with Gasteiger partial charge in [-0.05, 0) is 47.6 Å². The number of nitrogens with one attached hydrogen (secondary N) is 1. The topological polar surface area (TPSA) is 56.4 Å². The van der Waals surface area contributed by atoms with Gasteiger partial charge in [-0.2, -0.15) is 0 Å². The van der Waals surface area contributed by atoms with E-state index in [2.05, 4.69) is 45.6 Å². The molecule has 1 heterocycles. The minimum Gasteiger partial charge on any atom is -0.384 e. The van der Waals surface area contributed by atoms with Gasteiger partial charge in [0.15, 0.2) is 0 Å². The van der Waals surface area contributed by atoms with Crippen LogP contribution in [-0.2, 0) is 0 Å². The Hall–Kier alpha value is -1.07. The van der Waals surface area contributed by atoms with E-state index in [-0.39, 0.29) is 5.84 Å². The van der Waals surface area contributed by atoms with E-state index in [4.69, 9.17) is 11.1 Å². The van der Waals surface area contributed by atoms with Crippen molar-refractivity contribution in [3.8, 4) is 0 Å². The highest BCUT2D eigenvalue weighted by molar-refractivity contribution is 9.10. The molecule has 1 atom stereocenters. The fourth-order valence-corrected chi connectivity index (χ4v) is 3.24. The highest BCUT2D eigenvalue weighted by atomic mass is 79.9. The monoisotopic (exact) mass is 324 g/mol. The van der Waals surface area contributed by atoms with E-state index < -0.39 is 0 Å². The van der Waals surface area contributed by atoms with Crippen molar-refractivity contribution in [3.63, 3.8) is 0 Å². The van der Waals surface area contributed by atoms with Gasteiger partial charge in [-0.15, -0.1) is 0 Å². The number of anilines is 1. The van der Waals surface area contributed by atoms with E-state index >= 15 is 0 Å². The molecule has 0 aliphatic carbocycles. The first-order chi connectivity index (χ1) is 9.02. The molecule has 19 heavy (non-hydrogen) atoms. The van der Waals surface area contributed by atoms with Crippen LogP contribution >= 0.6 is 15.9 Å². The number of likely N-dealkylation sites (N-methyl/N-ethyl adjacent to an activating group) is 1. The summed E-state index contributed by atoms with van der Waals surface area (Å²) in [6.07, 6.45) is 0. The van der Waals surface area contributed by atoms with Gasteiger partial charge in [-0.25, -0.2) is 0 Å². The molecule has 3 N–H and O–H groups in total. The first kappa shape index (κ1) is 14.3. The van der Waals surface area contributed by atoms with Crippen LogP contribution in [0.1, 0.15) is 19.4 Å².